The third kappa shape index (κ3) is 15.1. The molecule has 1 rings (SSSR count). The van der Waals surface area contributed by atoms with Crippen LogP contribution in [-0.2, 0) is 0 Å². The van der Waals surface area contributed by atoms with E-state index in [1.165, 1.54) is 128 Å². The van der Waals surface area contributed by atoms with Gasteiger partial charge in [-0.2, -0.15) is 0 Å². The molecule has 0 radical (unpaired) electrons. The fourth-order valence-electron chi connectivity index (χ4n) is 5.03. The van der Waals surface area contributed by atoms with Crippen LogP contribution in [0, 0.1) is 5.41 Å². The molecule has 0 spiro atoms. The molecule has 2 atom stereocenters. The molecule has 3 heteroatoms. The molecule has 1 saturated heterocycles. The van der Waals surface area contributed by atoms with Crippen LogP contribution in [0.1, 0.15) is 149 Å². The van der Waals surface area contributed by atoms with Gasteiger partial charge in [-0.05, 0) is 31.2 Å². The van der Waals surface area contributed by atoms with Crippen molar-refractivity contribution in [3.8, 4) is 0 Å². The van der Waals surface area contributed by atoms with E-state index in [0.717, 1.165) is 6.54 Å². The smallest absolute Gasteiger partial charge is 0.0246 e. The molecule has 3 N–H and O–H groups in total. The van der Waals surface area contributed by atoms with Gasteiger partial charge in [0.2, 0.25) is 0 Å². The van der Waals surface area contributed by atoms with Crippen molar-refractivity contribution in [2.24, 2.45) is 11.1 Å². The summed E-state index contributed by atoms with van der Waals surface area (Å²) in [5.74, 6) is 0. The van der Waals surface area contributed by atoms with Gasteiger partial charge in [-0.1, -0.05) is 130 Å². The Morgan fingerprint density at radius 3 is 1.70 bits per heavy atom. The molecule has 1 fully saturated rings. The maximum Gasteiger partial charge on any atom is 0.0246 e. The molecule has 1 heterocycles. The van der Waals surface area contributed by atoms with Gasteiger partial charge in [0, 0.05) is 12.1 Å². The van der Waals surface area contributed by atoms with Gasteiger partial charge in [-0.3, -0.25) is 0 Å². The molecular formula is C27H57ClN2. The van der Waals surface area contributed by atoms with Crippen LogP contribution in [0.5, 0.6) is 0 Å². The number of hydrogen-bond donors (Lipinski definition) is 2. The summed E-state index contributed by atoms with van der Waals surface area (Å²) in [5.41, 5.74) is 6.96. The molecule has 182 valence electrons. The van der Waals surface area contributed by atoms with Gasteiger partial charge in [0.25, 0.3) is 0 Å². The highest BCUT2D eigenvalue weighted by Crippen LogP contribution is 2.30. The minimum Gasteiger partial charge on any atom is -0.326 e. The van der Waals surface area contributed by atoms with E-state index < -0.39 is 0 Å². The lowest BCUT2D eigenvalue weighted by Gasteiger charge is -2.37. The van der Waals surface area contributed by atoms with Crippen molar-refractivity contribution in [2.75, 3.05) is 6.54 Å². The summed E-state index contributed by atoms with van der Waals surface area (Å²) < 4.78 is 0. The van der Waals surface area contributed by atoms with Crippen LogP contribution >= 0.6 is 12.4 Å². The van der Waals surface area contributed by atoms with Crippen LogP contribution in [0.2, 0.25) is 0 Å². The molecule has 2 nitrogen and oxygen atoms in total. The van der Waals surface area contributed by atoms with Crippen molar-refractivity contribution in [1.29, 1.82) is 0 Å². The third-order valence-corrected chi connectivity index (χ3v) is 7.36. The fraction of sp³-hybridized carbons (Fsp3) is 1.00. The third-order valence-electron chi connectivity index (χ3n) is 7.36. The zero-order valence-electron chi connectivity index (χ0n) is 21.0. The Balaban J connectivity index is 0.00000841. The first-order chi connectivity index (χ1) is 14.1. The van der Waals surface area contributed by atoms with E-state index in [4.69, 9.17) is 5.73 Å². The maximum atomic E-state index is 6.69. The largest absolute Gasteiger partial charge is 0.326 e. The molecule has 0 bridgehead atoms. The normalized spacial score (nSPS) is 18.6. The van der Waals surface area contributed by atoms with Crippen molar-refractivity contribution in [2.45, 2.75) is 161 Å². The molecule has 0 aromatic carbocycles. The molecule has 0 amide bonds. The molecule has 0 saturated carbocycles. The van der Waals surface area contributed by atoms with Gasteiger partial charge >= 0.3 is 0 Å². The van der Waals surface area contributed by atoms with Crippen LogP contribution < -0.4 is 11.1 Å². The molecule has 2 unspecified atom stereocenters. The first-order valence-electron chi connectivity index (χ1n) is 13.6. The van der Waals surface area contributed by atoms with Crippen molar-refractivity contribution < 1.29 is 0 Å². The first-order valence-corrected chi connectivity index (χ1v) is 13.6. The lowest BCUT2D eigenvalue weighted by Crippen LogP contribution is -2.52. The monoisotopic (exact) mass is 444 g/mol. The fourth-order valence-corrected chi connectivity index (χ4v) is 5.03. The first kappa shape index (κ1) is 30.2. The molecule has 0 aliphatic carbocycles. The summed E-state index contributed by atoms with van der Waals surface area (Å²) in [6.07, 6.45) is 28.2. The number of nitrogens with two attached hydrogens (primary N) is 1. The van der Waals surface area contributed by atoms with E-state index in [1.54, 1.807) is 0 Å². The number of hydrogen-bond acceptors (Lipinski definition) is 2. The van der Waals surface area contributed by atoms with E-state index in [1.807, 2.05) is 0 Å². The van der Waals surface area contributed by atoms with E-state index in [0.29, 0.717) is 12.1 Å². The maximum absolute atomic E-state index is 6.69. The van der Waals surface area contributed by atoms with Crippen LogP contribution in [0.15, 0.2) is 0 Å². The van der Waals surface area contributed by atoms with Gasteiger partial charge in [-0.15, -0.1) is 12.4 Å². The molecule has 1 aliphatic heterocycles. The number of halogens is 1. The highest BCUT2D eigenvalue weighted by Gasteiger charge is 2.32. The standard InChI is InChI=1S/C27H56N2.ClH/c1-4-5-6-7-8-9-10-11-12-13-14-15-16-17-20-23-27(2,3)26(28)25-22-19-18-21-24-29-25;/h25-26,29H,4-24,28H2,1-3H3;1H. The van der Waals surface area contributed by atoms with Gasteiger partial charge in [-0.25, -0.2) is 0 Å². The van der Waals surface area contributed by atoms with Crippen molar-refractivity contribution >= 4 is 12.4 Å². The number of nitrogens with one attached hydrogen (secondary N) is 1. The highest BCUT2D eigenvalue weighted by molar-refractivity contribution is 5.85. The van der Waals surface area contributed by atoms with Gasteiger partial charge in [0.05, 0.1) is 0 Å². The molecule has 1 aliphatic rings. The minimum atomic E-state index is 0. The summed E-state index contributed by atoms with van der Waals surface area (Å²) in [6, 6.07) is 0.830. The predicted octanol–water partition coefficient (Wildman–Crippen LogP) is 8.56. The second kappa shape index (κ2) is 19.9. The Kier molecular flexibility index (Phi) is 20.0. The van der Waals surface area contributed by atoms with Crippen molar-refractivity contribution in [1.82, 2.24) is 5.32 Å². The summed E-state index contributed by atoms with van der Waals surface area (Å²) in [5, 5.41) is 3.72. The summed E-state index contributed by atoms with van der Waals surface area (Å²) >= 11 is 0. The van der Waals surface area contributed by atoms with E-state index in [9.17, 15) is 0 Å². The van der Waals surface area contributed by atoms with E-state index >= 15 is 0 Å². The summed E-state index contributed by atoms with van der Waals surface area (Å²) in [7, 11) is 0. The SMILES string of the molecule is CCCCCCCCCCCCCCCCCC(C)(C)C(N)C1CCCCCN1.Cl. The minimum absolute atomic E-state index is 0. The molecular weight excluding hydrogens is 388 g/mol. The Bertz CT molecular complexity index is 351. The van der Waals surface area contributed by atoms with Crippen LogP contribution in [0.4, 0.5) is 0 Å². The Hall–Kier alpha value is 0.210. The average molecular weight is 445 g/mol. The Labute approximate surface area is 196 Å². The predicted molar refractivity (Wildman–Crippen MR) is 139 cm³/mol. The molecule has 0 aromatic rings. The van der Waals surface area contributed by atoms with Crippen LogP contribution in [0.3, 0.4) is 0 Å². The zero-order valence-corrected chi connectivity index (χ0v) is 21.8. The van der Waals surface area contributed by atoms with Gasteiger partial charge in [0.1, 0.15) is 0 Å². The van der Waals surface area contributed by atoms with Gasteiger partial charge in [0.15, 0.2) is 0 Å². The number of unbranched alkanes of at least 4 members (excludes halogenated alkanes) is 14. The lowest BCUT2D eigenvalue weighted by molar-refractivity contribution is 0.204. The highest BCUT2D eigenvalue weighted by atomic mass is 35.5. The topological polar surface area (TPSA) is 38.0 Å². The van der Waals surface area contributed by atoms with E-state index in [2.05, 4.69) is 26.1 Å². The molecule has 0 aromatic heterocycles. The lowest BCUT2D eigenvalue weighted by atomic mass is 9.76. The van der Waals surface area contributed by atoms with Gasteiger partial charge < -0.3 is 11.1 Å². The Morgan fingerprint density at radius 1 is 0.733 bits per heavy atom. The molecule has 30 heavy (non-hydrogen) atoms. The van der Waals surface area contributed by atoms with Crippen molar-refractivity contribution in [3.05, 3.63) is 0 Å². The second-order valence-electron chi connectivity index (χ2n) is 10.6. The second-order valence-corrected chi connectivity index (χ2v) is 10.6. The zero-order chi connectivity index (χ0) is 21.2. The van der Waals surface area contributed by atoms with Crippen LogP contribution in [0.25, 0.3) is 0 Å². The Morgan fingerprint density at radius 2 is 1.20 bits per heavy atom. The number of rotatable bonds is 18. The van der Waals surface area contributed by atoms with E-state index in [-0.39, 0.29) is 17.8 Å². The van der Waals surface area contributed by atoms with Crippen LogP contribution in [-0.4, -0.2) is 18.6 Å². The van der Waals surface area contributed by atoms with Crippen molar-refractivity contribution in [3.63, 3.8) is 0 Å². The quantitative estimate of drug-likeness (QED) is 0.208. The summed E-state index contributed by atoms with van der Waals surface area (Å²) in [4.78, 5) is 0. The summed E-state index contributed by atoms with van der Waals surface area (Å²) in [6.45, 7) is 8.25. The average Bonchev–Trinajstić information content (AvgIpc) is 2.99.